The summed E-state index contributed by atoms with van der Waals surface area (Å²) in [6.07, 6.45) is 14.6. The van der Waals surface area contributed by atoms with Gasteiger partial charge >= 0.3 is 0 Å². The lowest BCUT2D eigenvalue weighted by Crippen LogP contribution is -2.51. The monoisotopic (exact) mass is 401 g/mol. The van der Waals surface area contributed by atoms with Crippen LogP contribution in [-0.2, 0) is 9.53 Å². The van der Waals surface area contributed by atoms with Crippen molar-refractivity contribution in [3.63, 3.8) is 0 Å². The van der Waals surface area contributed by atoms with Gasteiger partial charge in [-0.15, -0.1) is 0 Å². The summed E-state index contributed by atoms with van der Waals surface area (Å²) >= 11 is 0. The predicted molar refractivity (Wildman–Crippen MR) is 116 cm³/mol. The minimum atomic E-state index is 0.256. The van der Waals surface area contributed by atoms with Gasteiger partial charge in [0.25, 0.3) is 0 Å². The fourth-order valence-electron chi connectivity index (χ4n) is 8.99. The second-order valence-electron chi connectivity index (χ2n) is 11.8. The van der Waals surface area contributed by atoms with Crippen molar-refractivity contribution in [3.05, 3.63) is 0 Å². The number of rotatable bonds is 2. The van der Waals surface area contributed by atoms with E-state index in [1.54, 1.807) is 0 Å². The van der Waals surface area contributed by atoms with E-state index in [0.717, 1.165) is 68.0 Å². The first-order valence-electron chi connectivity index (χ1n) is 12.8. The summed E-state index contributed by atoms with van der Waals surface area (Å²) in [4.78, 5) is 15.7. The lowest BCUT2D eigenvalue weighted by atomic mass is 9.49. The lowest BCUT2D eigenvalue weighted by molar-refractivity contribution is -0.145. The van der Waals surface area contributed by atoms with Crippen LogP contribution in [0.1, 0.15) is 84.5 Å². The largest absolute Gasteiger partial charge is 0.381 e. The molecule has 1 aliphatic heterocycles. The standard InChI is InChI=1S/C26H43NO2/c1-17-4-6-20-18(16-17)5-7-22-21(20)10-13-26(2)23(22)8-9-24(26)25(28)27(3)19-11-14-29-15-12-19/h17-24H,4-16H2,1-3H3. The second-order valence-corrected chi connectivity index (χ2v) is 11.8. The molecule has 1 amide bonds. The molecule has 3 heteroatoms. The minimum Gasteiger partial charge on any atom is -0.381 e. The van der Waals surface area contributed by atoms with Crippen molar-refractivity contribution in [2.24, 2.45) is 46.8 Å². The first-order valence-corrected chi connectivity index (χ1v) is 12.8. The molecule has 0 spiro atoms. The number of ether oxygens (including phenoxy) is 1. The van der Waals surface area contributed by atoms with Gasteiger partial charge < -0.3 is 9.64 Å². The Labute approximate surface area is 178 Å². The zero-order valence-corrected chi connectivity index (χ0v) is 19.1. The number of hydrogen-bond acceptors (Lipinski definition) is 2. The van der Waals surface area contributed by atoms with Gasteiger partial charge in [0.05, 0.1) is 0 Å². The number of nitrogens with zero attached hydrogens (tertiary/aromatic N) is 1. The molecule has 0 radical (unpaired) electrons. The molecule has 164 valence electrons. The van der Waals surface area contributed by atoms with Crippen molar-refractivity contribution in [2.75, 3.05) is 20.3 Å². The van der Waals surface area contributed by atoms with Gasteiger partial charge in [0, 0.05) is 32.2 Å². The molecule has 5 rings (SSSR count). The molecule has 0 bridgehead atoms. The van der Waals surface area contributed by atoms with Gasteiger partial charge in [-0.25, -0.2) is 0 Å². The summed E-state index contributed by atoms with van der Waals surface area (Å²) in [6.45, 7) is 6.62. The molecular weight excluding hydrogens is 358 g/mol. The minimum absolute atomic E-state index is 0.256. The highest BCUT2D eigenvalue weighted by Crippen LogP contribution is 2.64. The van der Waals surface area contributed by atoms with Crippen LogP contribution in [0.5, 0.6) is 0 Å². The van der Waals surface area contributed by atoms with Gasteiger partial charge in [0.2, 0.25) is 5.91 Å². The molecule has 0 aromatic carbocycles. The Balaban J connectivity index is 1.30. The van der Waals surface area contributed by atoms with Crippen molar-refractivity contribution >= 4 is 5.91 Å². The zero-order chi connectivity index (χ0) is 20.2. The number of amides is 1. The van der Waals surface area contributed by atoms with E-state index < -0.39 is 0 Å². The van der Waals surface area contributed by atoms with E-state index in [1.807, 2.05) is 0 Å². The summed E-state index contributed by atoms with van der Waals surface area (Å²) in [5, 5.41) is 0. The summed E-state index contributed by atoms with van der Waals surface area (Å²) in [5.74, 6) is 6.40. The Morgan fingerprint density at radius 1 is 0.897 bits per heavy atom. The van der Waals surface area contributed by atoms with Crippen molar-refractivity contribution < 1.29 is 9.53 Å². The molecule has 5 fully saturated rings. The molecule has 29 heavy (non-hydrogen) atoms. The SMILES string of the molecule is CC1CCC2C(CCC3C2CCC2(C)C(C(=O)N(C)C4CCOCC4)CCC32)C1. The summed E-state index contributed by atoms with van der Waals surface area (Å²) in [6, 6.07) is 0.398. The van der Waals surface area contributed by atoms with Crippen LogP contribution in [0.15, 0.2) is 0 Å². The molecule has 4 saturated carbocycles. The molecule has 8 unspecified atom stereocenters. The molecule has 1 heterocycles. The van der Waals surface area contributed by atoms with Crippen molar-refractivity contribution in [2.45, 2.75) is 90.5 Å². The van der Waals surface area contributed by atoms with Crippen LogP contribution in [0.25, 0.3) is 0 Å². The quantitative estimate of drug-likeness (QED) is 0.609. The maximum Gasteiger partial charge on any atom is 0.226 e. The van der Waals surface area contributed by atoms with Gasteiger partial charge in [0.1, 0.15) is 0 Å². The Kier molecular flexibility index (Phi) is 5.50. The number of carbonyl (C=O) groups excluding carboxylic acids is 1. The van der Waals surface area contributed by atoms with E-state index >= 15 is 0 Å². The molecule has 5 aliphatic rings. The predicted octanol–water partition coefficient (Wildman–Crippen LogP) is 5.53. The van der Waals surface area contributed by atoms with E-state index in [2.05, 4.69) is 25.8 Å². The van der Waals surface area contributed by atoms with Crippen LogP contribution >= 0.6 is 0 Å². The van der Waals surface area contributed by atoms with Crippen molar-refractivity contribution in [1.29, 1.82) is 0 Å². The van der Waals surface area contributed by atoms with Gasteiger partial charge in [-0.1, -0.05) is 20.3 Å². The van der Waals surface area contributed by atoms with Gasteiger partial charge in [-0.2, -0.15) is 0 Å². The Morgan fingerprint density at radius 3 is 2.45 bits per heavy atom. The number of hydrogen-bond donors (Lipinski definition) is 0. The third-order valence-corrected chi connectivity index (χ3v) is 10.6. The fraction of sp³-hybridized carbons (Fsp3) is 0.962. The first-order chi connectivity index (χ1) is 14.0. The van der Waals surface area contributed by atoms with Crippen LogP contribution in [0.4, 0.5) is 0 Å². The summed E-state index contributed by atoms with van der Waals surface area (Å²) in [7, 11) is 2.08. The molecule has 0 aromatic rings. The van der Waals surface area contributed by atoms with E-state index in [-0.39, 0.29) is 11.3 Å². The second kappa shape index (κ2) is 7.84. The van der Waals surface area contributed by atoms with Crippen molar-refractivity contribution in [1.82, 2.24) is 4.90 Å². The smallest absolute Gasteiger partial charge is 0.226 e. The third-order valence-electron chi connectivity index (χ3n) is 10.6. The zero-order valence-electron chi connectivity index (χ0n) is 19.1. The summed E-state index contributed by atoms with van der Waals surface area (Å²) < 4.78 is 5.53. The van der Waals surface area contributed by atoms with E-state index in [0.29, 0.717) is 11.9 Å². The number of fused-ring (bicyclic) bond motifs is 5. The topological polar surface area (TPSA) is 29.5 Å². The molecule has 3 nitrogen and oxygen atoms in total. The molecule has 0 aromatic heterocycles. The van der Waals surface area contributed by atoms with Gasteiger partial charge in [-0.3, -0.25) is 4.79 Å². The van der Waals surface area contributed by atoms with Gasteiger partial charge in [-0.05, 0) is 105 Å². The molecule has 8 atom stereocenters. The molecule has 1 saturated heterocycles. The van der Waals surface area contributed by atoms with Gasteiger partial charge in [0.15, 0.2) is 0 Å². The van der Waals surface area contributed by atoms with Crippen LogP contribution in [0.3, 0.4) is 0 Å². The normalized spacial score (nSPS) is 47.8. The highest BCUT2D eigenvalue weighted by molar-refractivity contribution is 5.80. The first kappa shape index (κ1) is 20.3. The van der Waals surface area contributed by atoms with Crippen LogP contribution in [0, 0.1) is 46.8 Å². The van der Waals surface area contributed by atoms with Crippen LogP contribution in [-0.4, -0.2) is 37.1 Å². The molecular formula is C26H43NO2. The van der Waals surface area contributed by atoms with E-state index in [4.69, 9.17) is 4.74 Å². The highest BCUT2D eigenvalue weighted by atomic mass is 16.5. The Morgan fingerprint density at radius 2 is 1.66 bits per heavy atom. The molecule has 4 aliphatic carbocycles. The Hall–Kier alpha value is -0.570. The van der Waals surface area contributed by atoms with Crippen LogP contribution < -0.4 is 0 Å². The fourth-order valence-corrected chi connectivity index (χ4v) is 8.99. The number of carbonyl (C=O) groups is 1. The Bertz CT molecular complexity index is 614. The lowest BCUT2D eigenvalue weighted by Gasteiger charge is -2.56. The van der Waals surface area contributed by atoms with E-state index in [1.165, 1.54) is 51.4 Å². The highest BCUT2D eigenvalue weighted by Gasteiger charge is 2.58. The average molecular weight is 402 g/mol. The van der Waals surface area contributed by atoms with E-state index in [9.17, 15) is 4.79 Å². The average Bonchev–Trinajstić information content (AvgIpc) is 3.10. The van der Waals surface area contributed by atoms with Crippen molar-refractivity contribution in [3.8, 4) is 0 Å². The molecule has 0 N–H and O–H groups in total. The summed E-state index contributed by atoms with van der Waals surface area (Å²) in [5.41, 5.74) is 0.256. The maximum atomic E-state index is 13.6. The maximum absolute atomic E-state index is 13.6. The third kappa shape index (κ3) is 3.38. The van der Waals surface area contributed by atoms with Crippen LogP contribution in [0.2, 0.25) is 0 Å².